The Hall–Kier alpha value is -5.26. The van der Waals surface area contributed by atoms with Crippen LogP contribution in [0.1, 0.15) is 46.6 Å². The molecule has 12 heteroatoms. The molecule has 0 saturated heterocycles. The first-order valence-electron chi connectivity index (χ1n) is 13.2. The number of carbonyl (C=O) groups is 2. The predicted octanol–water partition coefficient (Wildman–Crippen LogP) is 6.63. The summed E-state index contributed by atoms with van der Waals surface area (Å²) >= 11 is 0. The Morgan fingerprint density at radius 1 is 1.00 bits per heavy atom. The molecule has 9 nitrogen and oxygen atoms in total. The highest BCUT2D eigenvalue weighted by atomic mass is 19.4. The molecule has 0 aliphatic heterocycles. The standard InChI is InChI=1S/C31H28F3N5O4/c1-5-37(29-19(2)21(4)36-38(29)24-14-7-6-8-15-24)30(41)27(20(3)25-16-9-10-17-26(25)39(42)43)35-28(40)22-12-11-13-23(18-22)31(32,33)34/h6-18H,5H2,1-4H3,(H,35,40)/b27-20-. The summed E-state index contributed by atoms with van der Waals surface area (Å²) in [4.78, 5) is 40.3. The summed E-state index contributed by atoms with van der Waals surface area (Å²) in [5, 5.41) is 18.9. The molecule has 1 aromatic heterocycles. The number of benzene rings is 3. The molecule has 0 spiro atoms. The molecule has 0 radical (unpaired) electrons. The molecule has 0 aliphatic rings. The van der Waals surface area contributed by atoms with E-state index in [2.05, 4.69) is 10.4 Å². The van der Waals surface area contributed by atoms with Gasteiger partial charge in [0.15, 0.2) is 0 Å². The van der Waals surface area contributed by atoms with Crippen LogP contribution in [0.25, 0.3) is 11.3 Å². The lowest BCUT2D eigenvalue weighted by Crippen LogP contribution is -2.40. The van der Waals surface area contributed by atoms with E-state index < -0.39 is 28.5 Å². The van der Waals surface area contributed by atoms with Gasteiger partial charge in [0.1, 0.15) is 11.5 Å². The summed E-state index contributed by atoms with van der Waals surface area (Å²) in [7, 11) is 0. The first-order valence-corrected chi connectivity index (χ1v) is 13.2. The van der Waals surface area contributed by atoms with Crippen LogP contribution in [0.3, 0.4) is 0 Å². The number of para-hydroxylation sites is 2. The molecule has 0 unspecified atom stereocenters. The van der Waals surface area contributed by atoms with Crippen molar-refractivity contribution < 1.29 is 27.7 Å². The molecule has 2 amide bonds. The molecule has 0 saturated carbocycles. The van der Waals surface area contributed by atoms with E-state index in [-0.39, 0.29) is 34.6 Å². The van der Waals surface area contributed by atoms with E-state index >= 15 is 0 Å². The van der Waals surface area contributed by atoms with Gasteiger partial charge in [0.05, 0.1) is 27.4 Å². The minimum Gasteiger partial charge on any atom is -0.317 e. The van der Waals surface area contributed by atoms with Gasteiger partial charge in [0.25, 0.3) is 17.5 Å². The van der Waals surface area contributed by atoms with Crippen LogP contribution < -0.4 is 10.2 Å². The number of anilines is 1. The molecule has 0 fully saturated rings. The minimum absolute atomic E-state index is 0.0521. The lowest BCUT2D eigenvalue weighted by molar-refractivity contribution is -0.385. The zero-order valence-corrected chi connectivity index (χ0v) is 23.8. The highest BCUT2D eigenvalue weighted by molar-refractivity contribution is 6.13. The van der Waals surface area contributed by atoms with Crippen molar-refractivity contribution in [1.29, 1.82) is 0 Å². The van der Waals surface area contributed by atoms with E-state index in [1.807, 2.05) is 18.2 Å². The van der Waals surface area contributed by atoms with Crippen LogP contribution in [0.15, 0.2) is 84.6 Å². The van der Waals surface area contributed by atoms with Crippen molar-refractivity contribution in [1.82, 2.24) is 15.1 Å². The molecule has 4 aromatic rings. The monoisotopic (exact) mass is 591 g/mol. The van der Waals surface area contributed by atoms with Gasteiger partial charge in [-0.05, 0) is 69.7 Å². The van der Waals surface area contributed by atoms with E-state index in [1.54, 1.807) is 37.6 Å². The number of nitro groups is 1. The number of hydrogen-bond donors (Lipinski definition) is 1. The lowest BCUT2D eigenvalue weighted by Gasteiger charge is -2.25. The number of halogens is 3. The van der Waals surface area contributed by atoms with Gasteiger partial charge < -0.3 is 5.32 Å². The summed E-state index contributed by atoms with van der Waals surface area (Å²) < 4.78 is 41.7. The average Bonchev–Trinajstić information content (AvgIpc) is 3.29. The smallest absolute Gasteiger partial charge is 0.317 e. The molecule has 1 N–H and O–H groups in total. The summed E-state index contributed by atoms with van der Waals surface area (Å²) in [6.45, 7) is 6.81. The number of alkyl halides is 3. The Morgan fingerprint density at radius 2 is 1.65 bits per heavy atom. The maximum absolute atomic E-state index is 14.4. The van der Waals surface area contributed by atoms with Crippen molar-refractivity contribution in [2.24, 2.45) is 0 Å². The predicted molar refractivity (Wildman–Crippen MR) is 156 cm³/mol. The average molecular weight is 592 g/mol. The summed E-state index contributed by atoms with van der Waals surface area (Å²) in [5.74, 6) is -1.33. The molecule has 0 bridgehead atoms. The molecular formula is C31H28F3N5O4. The molecule has 4 rings (SSSR count). The first kappa shape index (κ1) is 30.7. The Labute approximate surface area is 245 Å². The number of allylic oxidation sites excluding steroid dienone is 1. The quantitative estimate of drug-likeness (QED) is 0.141. The van der Waals surface area contributed by atoms with Crippen LogP contribution in [0.2, 0.25) is 0 Å². The number of nitrogens with zero attached hydrogens (tertiary/aromatic N) is 4. The molecule has 0 atom stereocenters. The minimum atomic E-state index is -4.70. The number of nitro benzene ring substituents is 1. The highest BCUT2D eigenvalue weighted by Gasteiger charge is 2.32. The second kappa shape index (κ2) is 12.3. The first-order chi connectivity index (χ1) is 20.3. The third-order valence-electron chi connectivity index (χ3n) is 6.93. The Morgan fingerprint density at radius 3 is 2.28 bits per heavy atom. The third kappa shape index (κ3) is 6.32. The van der Waals surface area contributed by atoms with Crippen molar-refractivity contribution in [2.45, 2.75) is 33.9 Å². The largest absolute Gasteiger partial charge is 0.416 e. The summed E-state index contributed by atoms with van der Waals surface area (Å²) in [5.41, 5.74) is 0.0376. The maximum Gasteiger partial charge on any atom is 0.416 e. The number of likely N-dealkylation sites (N-methyl/N-ethyl adjacent to an activating group) is 1. The van der Waals surface area contributed by atoms with Crippen LogP contribution in [0.4, 0.5) is 24.7 Å². The lowest BCUT2D eigenvalue weighted by atomic mass is 10.0. The van der Waals surface area contributed by atoms with E-state index in [1.165, 1.54) is 42.2 Å². The molecule has 43 heavy (non-hydrogen) atoms. The summed E-state index contributed by atoms with van der Waals surface area (Å²) in [6, 6.07) is 18.5. The molecule has 222 valence electrons. The van der Waals surface area contributed by atoms with Crippen molar-refractivity contribution >= 4 is 28.9 Å². The SMILES string of the molecule is CCN(C(=O)/C(NC(=O)c1cccc(C(F)(F)F)c1)=C(\C)c1ccccc1[N+](=O)[O-])c1c(C)c(C)nn1-c1ccccc1. The zero-order chi connectivity index (χ0) is 31.5. The van der Waals surface area contributed by atoms with Gasteiger partial charge in [0.2, 0.25) is 0 Å². The Kier molecular flexibility index (Phi) is 8.79. The maximum atomic E-state index is 14.4. The van der Waals surface area contributed by atoms with Crippen LogP contribution in [0, 0.1) is 24.0 Å². The number of aryl methyl sites for hydroxylation is 1. The number of hydrogen-bond acceptors (Lipinski definition) is 5. The van der Waals surface area contributed by atoms with Gasteiger partial charge in [-0.15, -0.1) is 0 Å². The Bertz CT molecular complexity index is 1730. The topological polar surface area (TPSA) is 110 Å². The number of rotatable bonds is 8. The van der Waals surface area contributed by atoms with E-state index in [9.17, 15) is 32.9 Å². The van der Waals surface area contributed by atoms with Crippen molar-refractivity contribution in [3.05, 3.63) is 123 Å². The van der Waals surface area contributed by atoms with Crippen LogP contribution in [-0.2, 0) is 11.0 Å². The fourth-order valence-corrected chi connectivity index (χ4v) is 4.60. The highest BCUT2D eigenvalue weighted by Crippen LogP contribution is 2.32. The van der Waals surface area contributed by atoms with Crippen molar-refractivity contribution in [3.63, 3.8) is 0 Å². The van der Waals surface area contributed by atoms with Gasteiger partial charge >= 0.3 is 6.18 Å². The molecule has 1 heterocycles. The zero-order valence-electron chi connectivity index (χ0n) is 23.8. The van der Waals surface area contributed by atoms with Crippen LogP contribution >= 0.6 is 0 Å². The second-order valence-electron chi connectivity index (χ2n) is 9.64. The number of carbonyl (C=O) groups excluding carboxylic acids is 2. The van der Waals surface area contributed by atoms with Gasteiger partial charge in [-0.1, -0.05) is 36.4 Å². The van der Waals surface area contributed by atoms with E-state index in [0.29, 0.717) is 28.8 Å². The van der Waals surface area contributed by atoms with E-state index in [0.717, 1.165) is 12.1 Å². The Balaban J connectivity index is 1.89. The van der Waals surface area contributed by atoms with Crippen LogP contribution in [0.5, 0.6) is 0 Å². The van der Waals surface area contributed by atoms with E-state index in [4.69, 9.17) is 0 Å². The fraction of sp³-hybridized carbons (Fsp3) is 0.194. The molecular weight excluding hydrogens is 563 g/mol. The number of amides is 2. The van der Waals surface area contributed by atoms with Crippen molar-refractivity contribution in [2.75, 3.05) is 11.4 Å². The second-order valence-corrected chi connectivity index (χ2v) is 9.64. The normalized spacial score (nSPS) is 12.0. The van der Waals surface area contributed by atoms with Gasteiger partial charge in [-0.3, -0.25) is 24.6 Å². The van der Waals surface area contributed by atoms with Crippen LogP contribution in [-0.4, -0.2) is 33.1 Å². The molecule has 0 aliphatic carbocycles. The number of aromatic nitrogens is 2. The fourth-order valence-electron chi connectivity index (χ4n) is 4.60. The molecule has 3 aromatic carbocycles. The van der Waals surface area contributed by atoms with Gasteiger partial charge in [0, 0.05) is 23.7 Å². The third-order valence-corrected chi connectivity index (χ3v) is 6.93. The van der Waals surface area contributed by atoms with Gasteiger partial charge in [-0.2, -0.15) is 18.3 Å². The number of nitrogens with one attached hydrogen (secondary N) is 1. The van der Waals surface area contributed by atoms with Gasteiger partial charge in [-0.25, -0.2) is 4.68 Å². The van der Waals surface area contributed by atoms with Crippen molar-refractivity contribution in [3.8, 4) is 5.69 Å². The summed E-state index contributed by atoms with van der Waals surface area (Å²) in [6.07, 6.45) is -4.70.